The second kappa shape index (κ2) is 15.5. The zero-order chi connectivity index (χ0) is 32.6. The van der Waals surface area contributed by atoms with Gasteiger partial charge in [-0.2, -0.15) is 11.8 Å². The van der Waals surface area contributed by atoms with Crippen LogP contribution in [0.2, 0.25) is 0 Å². The van der Waals surface area contributed by atoms with E-state index in [4.69, 9.17) is 20.0 Å². The number of anilines is 1. The molecule has 2 aromatic rings. The van der Waals surface area contributed by atoms with Gasteiger partial charge in [0.15, 0.2) is 16.6 Å². The Bertz CT molecular complexity index is 1470. The number of aliphatic hydroxyl groups is 2. The minimum absolute atomic E-state index is 0.00220. The molecule has 1 aliphatic heterocycles. The molecule has 5 N–H and O–H groups in total. The van der Waals surface area contributed by atoms with Crippen LogP contribution in [0.25, 0.3) is 0 Å². The number of thioether (sulfide) groups is 1. The van der Waals surface area contributed by atoms with E-state index >= 15 is 0 Å². The molecule has 1 unspecified atom stereocenters. The van der Waals surface area contributed by atoms with Crippen LogP contribution in [0.1, 0.15) is 11.3 Å². The third kappa shape index (κ3) is 8.10. The standard InChI is InChI=1S/C30H37N5O8S2/c1-35(11-13-36,12-14-37)10-4-5-19-16-44-27-23(22(19)29(40)43-15-18-6-8-20(41-2)9-7-18)26(38)25(27)33-28(39)24(34-42-3)21-17-45-30(31)32-21/h4-9,17,23,25,27,36-37H,10-16H2,1-3H3,(H2-,31,32,33,39)/p+1/b5-4+,34-24-/t23?,25-,27+/m1/s1. The molecule has 0 spiro atoms. The largest absolute Gasteiger partial charge is 0.497 e. The van der Waals surface area contributed by atoms with Gasteiger partial charge < -0.3 is 40.1 Å². The number of hydrogen-bond donors (Lipinski definition) is 4. The summed E-state index contributed by atoms with van der Waals surface area (Å²) in [7, 11) is 4.78. The molecular weight excluding hydrogens is 622 g/mol. The van der Waals surface area contributed by atoms with E-state index in [1.807, 2.05) is 19.2 Å². The lowest BCUT2D eigenvalue weighted by molar-refractivity contribution is -0.904. The Hall–Kier alpha value is -3.76. The van der Waals surface area contributed by atoms with Crippen molar-refractivity contribution in [2.24, 2.45) is 11.1 Å². The Labute approximate surface area is 269 Å². The SMILES string of the molecule is CO/N=C(\C(=O)N[C@@H]1C(=O)C2C(C(=O)OCc3ccc(OC)cc3)=C(/C=C/C[N+](C)(CCO)CCO)CS[C@@H]21)c1csc(N)n1. The van der Waals surface area contributed by atoms with Crippen LogP contribution < -0.4 is 15.8 Å². The maximum absolute atomic E-state index is 13.6. The second-order valence-electron chi connectivity index (χ2n) is 10.8. The first-order valence-corrected chi connectivity index (χ1v) is 16.1. The smallest absolute Gasteiger partial charge is 0.335 e. The molecule has 1 aromatic heterocycles. The number of ether oxygens (including phenoxy) is 2. The Balaban J connectivity index is 1.56. The maximum atomic E-state index is 13.6. The van der Waals surface area contributed by atoms with E-state index in [-0.39, 0.29) is 47.7 Å². The number of nitrogens with one attached hydrogen (secondary N) is 1. The van der Waals surface area contributed by atoms with Crippen molar-refractivity contribution in [1.82, 2.24) is 10.3 Å². The lowest BCUT2D eigenvalue weighted by atomic mass is 9.71. The molecule has 45 heavy (non-hydrogen) atoms. The van der Waals surface area contributed by atoms with Crippen LogP contribution >= 0.6 is 23.1 Å². The molecule has 2 heterocycles. The number of carbonyl (C=O) groups is 3. The summed E-state index contributed by atoms with van der Waals surface area (Å²) in [4.78, 5) is 49.3. The summed E-state index contributed by atoms with van der Waals surface area (Å²) in [5, 5.41) is 26.9. The zero-order valence-electron chi connectivity index (χ0n) is 25.3. The Kier molecular flexibility index (Phi) is 11.7. The molecule has 0 saturated heterocycles. The summed E-state index contributed by atoms with van der Waals surface area (Å²) in [6, 6.07) is 6.24. The Morgan fingerprint density at radius 2 is 1.91 bits per heavy atom. The predicted molar refractivity (Wildman–Crippen MR) is 171 cm³/mol. The van der Waals surface area contributed by atoms with Gasteiger partial charge in [0.05, 0.1) is 45.4 Å². The van der Waals surface area contributed by atoms with Gasteiger partial charge in [-0.05, 0) is 29.3 Å². The van der Waals surface area contributed by atoms with Crippen LogP contribution in [0.3, 0.4) is 0 Å². The molecule has 1 fully saturated rings. The number of nitrogen functional groups attached to an aromatic ring is 1. The van der Waals surface area contributed by atoms with Crippen molar-refractivity contribution in [2.75, 3.05) is 65.6 Å². The van der Waals surface area contributed by atoms with Crippen molar-refractivity contribution in [3.05, 3.63) is 64.2 Å². The Morgan fingerprint density at radius 1 is 1.20 bits per heavy atom. The summed E-state index contributed by atoms with van der Waals surface area (Å²) in [6.07, 6.45) is 3.70. The number of likely N-dealkylation sites (N-methyl/N-ethyl adjacent to an activating group) is 1. The number of quaternary nitrogens is 1. The van der Waals surface area contributed by atoms with Gasteiger partial charge in [0.25, 0.3) is 5.91 Å². The summed E-state index contributed by atoms with van der Waals surface area (Å²) in [6.45, 7) is 1.31. The van der Waals surface area contributed by atoms with Crippen molar-refractivity contribution < 1.29 is 43.4 Å². The fourth-order valence-corrected chi connectivity index (χ4v) is 7.21. The number of oxime groups is 1. The predicted octanol–water partition coefficient (Wildman–Crippen LogP) is 0.911. The van der Waals surface area contributed by atoms with Crippen molar-refractivity contribution in [1.29, 1.82) is 0 Å². The van der Waals surface area contributed by atoms with Crippen molar-refractivity contribution in [2.45, 2.75) is 17.9 Å². The van der Waals surface area contributed by atoms with Gasteiger partial charge in [-0.3, -0.25) is 9.59 Å². The van der Waals surface area contributed by atoms with Crippen LogP contribution in [-0.2, 0) is 30.6 Å². The summed E-state index contributed by atoms with van der Waals surface area (Å²) in [5.41, 5.74) is 7.49. The lowest BCUT2D eigenvalue weighted by Crippen LogP contribution is -2.65. The van der Waals surface area contributed by atoms with E-state index in [1.54, 1.807) is 36.8 Å². The number of allylic oxidation sites excluding steroid dienone is 1. The number of nitrogens with zero attached hydrogens (tertiary/aromatic N) is 3. The van der Waals surface area contributed by atoms with Gasteiger partial charge in [0.2, 0.25) is 0 Å². The van der Waals surface area contributed by atoms with Crippen molar-refractivity contribution in [3.63, 3.8) is 0 Å². The first kappa shape index (κ1) is 34.1. The van der Waals surface area contributed by atoms with Crippen LogP contribution in [0.4, 0.5) is 5.13 Å². The number of Topliss-reactive ketones (excluding diaryl/α,β-unsaturated/α-hetero) is 1. The van der Waals surface area contributed by atoms with E-state index in [2.05, 4.69) is 15.5 Å². The van der Waals surface area contributed by atoms with E-state index in [0.717, 1.165) is 16.9 Å². The molecule has 0 bridgehead atoms. The zero-order valence-corrected chi connectivity index (χ0v) is 26.9. The molecule has 13 nitrogen and oxygen atoms in total. The average molecular weight is 661 g/mol. The summed E-state index contributed by atoms with van der Waals surface area (Å²) >= 11 is 2.60. The van der Waals surface area contributed by atoms with Gasteiger partial charge in [0.1, 0.15) is 44.3 Å². The van der Waals surface area contributed by atoms with Gasteiger partial charge >= 0.3 is 5.97 Å². The van der Waals surface area contributed by atoms with Crippen LogP contribution in [0, 0.1) is 5.92 Å². The number of aromatic nitrogens is 1. The maximum Gasteiger partial charge on any atom is 0.335 e. The highest BCUT2D eigenvalue weighted by Gasteiger charge is 2.56. The molecular formula is C30H38N5O8S2+. The monoisotopic (exact) mass is 660 g/mol. The fourth-order valence-electron chi connectivity index (χ4n) is 5.18. The highest BCUT2D eigenvalue weighted by Crippen LogP contribution is 2.46. The van der Waals surface area contributed by atoms with E-state index in [0.29, 0.717) is 41.2 Å². The lowest BCUT2D eigenvalue weighted by Gasteiger charge is -2.46. The quantitative estimate of drug-likeness (QED) is 0.0922. The normalized spacial score (nSPS) is 20.1. The topological polar surface area (TPSA) is 183 Å². The molecule has 4 rings (SSSR count). The number of rotatable bonds is 15. The minimum Gasteiger partial charge on any atom is -0.497 e. The number of nitrogens with two attached hydrogens (primary N) is 1. The highest BCUT2D eigenvalue weighted by molar-refractivity contribution is 8.00. The number of esters is 1. The second-order valence-corrected chi connectivity index (χ2v) is 12.8. The number of methoxy groups -OCH3 is 1. The number of hydrogen-bond acceptors (Lipinski definition) is 13. The van der Waals surface area contributed by atoms with Crippen LogP contribution in [-0.4, -0.2) is 114 Å². The first-order valence-electron chi connectivity index (χ1n) is 14.2. The number of carbonyl (C=O) groups excluding carboxylic acids is 3. The molecule has 0 radical (unpaired) electrons. The number of ketones is 1. The fraction of sp³-hybridized carbons (Fsp3) is 0.433. The third-order valence-corrected chi connectivity index (χ3v) is 9.78. The van der Waals surface area contributed by atoms with Gasteiger partial charge in [-0.25, -0.2) is 9.78 Å². The molecule has 242 valence electrons. The van der Waals surface area contributed by atoms with Gasteiger partial charge in [-0.15, -0.1) is 11.3 Å². The minimum atomic E-state index is -0.866. The molecule has 15 heteroatoms. The highest BCUT2D eigenvalue weighted by atomic mass is 32.2. The molecule has 1 aliphatic carbocycles. The first-order chi connectivity index (χ1) is 21.6. The number of benzene rings is 1. The summed E-state index contributed by atoms with van der Waals surface area (Å²) < 4.78 is 11.3. The number of fused-ring (bicyclic) bond motifs is 1. The molecule has 1 saturated carbocycles. The number of aliphatic hydroxyl groups excluding tert-OH is 2. The number of thiazole rings is 1. The van der Waals surface area contributed by atoms with Crippen molar-refractivity contribution >= 4 is 51.6 Å². The van der Waals surface area contributed by atoms with Crippen LogP contribution in [0.15, 0.2) is 58.1 Å². The van der Waals surface area contributed by atoms with Gasteiger partial charge in [0, 0.05) is 16.4 Å². The number of amides is 1. The van der Waals surface area contributed by atoms with Gasteiger partial charge in [-0.1, -0.05) is 23.4 Å². The molecule has 1 amide bonds. The molecule has 1 aromatic carbocycles. The van der Waals surface area contributed by atoms with E-state index < -0.39 is 29.1 Å². The molecule has 3 atom stereocenters. The third-order valence-electron chi connectivity index (χ3n) is 7.70. The van der Waals surface area contributed by atoms with E-state index in [1.165, 1.54) is 18.9 Å². The molecule has 2 aliphatic rings. The van der Waals surface area contributed by atoms with Crippen molar-refractivity contribution in [3.8, 4) is 5.75 Å². The summed E-state index contributed by atoms with van der Waals surface area (Å²) in [5.74, 6) is -1.30. The average Bonchev–Trinajstić information content (AvgIpc) is 3.46. The van der Waals surface area contributed by atoms with E-state index in [9.17, 15) is 24.6 Å². The van der Waals surface area contributed by atoms with Crippen LogP contribution in [0.5, 0.6) is 5.75 Å². The Morgan fingerprint density at radius 3 is 2.51 bits per heavy atom.